The number of carbonyl (C=O) groups is 2. The topological polar surface area (TPSA) is 98.9 Å². The first-order valence-corrected chi connectivity index (χ1v) is 12.0. The van der Waals surface area contributed by atoms with Crippen LogP contribution in [0.25, 0.3) is 6.08 Å². The fourth-order valence-electron chi connectivity index (χ4n) is 3.96. The third-order valence-corrected chi connectivity index (χ3v) is 7.05. The number of nitrogens with zero attached hydrogens (tertiary/aromatic N) is 5. The molecular formula is C22H27N5O4S2. The van der Waals surface area contributed by atoms with Gasteiger partial charge in [-0.05, 0) is 31.9 Å². The van der Waals surface area contributed by atoms with Crippen LogP contribution >= 0.6 is 24.0 Å². The largest absolute Gasteiger partial charge is 0.450 e. The van der Waals surface area contributed by atoms with Crippen LogP contribution in [0.5, 0.6) is 0 Å². The van der Waals surface area contributed by atoms with E-state index in [1.807, 2.05) is 17.9 Å². The zero-order valence-electron chi connectivity index (χ0n) is 19.2. The molecule has 0 aliphatic carbocycles. The number of carbonyl (C=O) groups excluding carboxylic acids is 2. The summed E-state index contributed by atoms with van der Waals surface area (Å²) in [7, 11) is 1.62. The Morgan fingerprint density at radius 3 is 2.48 bits per heavy atom. The Bertz CT molecular complexity index is 1110. The highest BCUT2D eigenvalue weighted by atomic mass is 32.2. The lowest BCUT2D eigenvalue weighted by molar-refractivity contribution is -0.122. The van der Waals surface area contributed by atoms with Crippen LogP contribution in [0.15, 0.2) is 9.70 Å². The maximum absolute atomic E-state index is 12.9. The van der Waals surface area contributed by atoms with Crippen molar-refractivity contribution < 1.29 is 14.3 Å². The predicted molar refractivity (Wildman–Crippen MR) is 132 cm³/mol. The highest BCUT2D eigenvalue weighted by Gasteiger charge is 2.33. The SMILES string of the molecule is CCCN1C(=O)C(=Cc2c(C)c(C#N)c(=O)n(C)c2N2CCN(C(=O)OCC)CC2)SC1=S. The molecule has 0 aromatic carbocycles. The number of thioether (sulfide) groups is 1. The molecule has 176 valence electrons. The zero-order chi connectivity index (χ0) is 24.3. The number of hydrogen-bond acceptors (Lipinski definition) is 8. The molecule has 2 saturated heterocycles. The Morgan fingerprint density at radius 2 is 1.91 bits per heavy atom. The van der Waals surface area contributed by atoms with Gasteiger partial charge in [-0.15, -0.1) is 0 Å². The van der Waals surface area contributed by atoms with Crippen molar-refractivity contribution in [3.63, 3.8) is 0 Å². The van der Waals surface area contributed by atoms with E-state index in [2.05, 4.69) is 0 Å². The van der Waals surface area contributed by atoms with Crippen LogP contribution < -0.4 is 10.5 Å². The first-order valence-electron chi connectivity index (χ1n) is 10.8. The normalized spacial score (nSPS) is 17.7. The van der Waals surface area contributed by atoms with Crippen molar-refractivity contribution in [1.82, 2.24) is 14.4 Å². The van der Waals surface area contributed by atoms with Crippen molar-refractivity contribution in [2.75, 3.05) is 44.2 Å². The predicted octanol–water partition coefficient (Wildman–Crippen LogP) is 2.46. The molecule has 2 fully saturated rings. The molecule has 1 aromatic rings. The average Bonchev–Trinajstić information content (AvgIpc) is 3.06. The number of thiocarbonyl (C=S) groups is 1. The fourth-order valence-corrected chi connectivity index (χ4v) is 5.25. The first kappa shape index (κ1) is 24.8. The van der Waals surface area contributed by atoms with Crippen molar-refractivity contribution in [3.8, 4) is 6.07 Å². The lowest BCUT2D eigenvalue weighted by atomic mass is 10.0. The van der Waals surface area contributed by atoms with Crippen molar-refractivity contribution in [3.05, 3.63) is 31.9 Å². The molecule has 0 bridgehead atoms. The van der Waals surface area contributed by atoms with Crippen LogP contribution in [-0.2, 0) is 16.6 Å². The Morgan fingerprint density at radius 1 is 1.24 bits per heavy atom. The van der Waals surface area contributed by atoms with Gasteiger partial charge < -0.3 is 14.5 Å². The van der Waals surface area contributed by atoms with E-state index in [1.165, 1.54) is 16.3 Å². The second-order valence-corrected chi connectivity index (χ2v) is 9.40. The third kappa shape index (κ3) is 4.77. The standard InChI is InChI=1S/C22H27N5O4S2/c1-5-7-27-20(29)17(33-22(27)32)12-15-14(3)16(13-23)19(28)24(4)18(15)25-8-10-26(11-9-25)21(30)31-6-2/h12H,5-11H2,1-4H3. The van der Waals surface area contributed by atoms with E-state index < -0.39 is 5.56 Å². The summed E-state index contributed by atoms with van der Waals surface area (Å²) in [5.74, 6) is 0.442. The molecule has 3 rings (SSSR count). The molecule has 2 amide bonds. The number of hydrogen-bond donors (Lipinski definition) is 0. The molecular weight excluding hydrogens is 462 g/mol. The van der Waals surface area contributed by atoms with Gasteiger partial charge in [-0.1, -0.05) is 30.9 Å². The summed E-state index contributed by atoms with van der Waals surface area (Å²) in [6, 6.07) is 2.01. The summed E-state index contributed by atoms with van der Waals surface area (Å²) in [5, 5.41) is 9.61. The molecule has 1 aromatic heterocycles. The van der Waals surface area contributed by atoms with E-state index in [-0.39, 0.29) is 17.6 Å². The van der Waals surface area contributed by atoms with Gasteiger partial charge in [0.15, 0.2) is 0 Å². The molecule has 0 unspecified atom stereocenters. The number of ether oxygens (including phenoxy) is 1. The lowest BCUT2D eigenvalue weighted by Crippen LogP contribution is -2.50. The summed E-state index contributed by atoms with van der Waals surface area (Å²) in [6.45, 7) is 8.14. The van der Waals surface area contributed by atoms with Gasteiger partial charge >= 0.3 is 6.09 Å². The van der Waals surface area contributed by atoms with Gasteiger partial charge in [-0.2, -0.15) is 5.26 Å². The van der Waals surface area contributed by atoms with Gasteiger partial charge in [-0.3, -0.25) is 19.1 Å². The summed E-state index contributed by atoms with van der Waals surface area (Å²) in [4.78, 5) is 43.6. The Balaban J connectivity index is 2.05. The number of nitriles is 1. The van der Waals surface area contributed by atoms with Crippen LogP contribution in [0.1, 0.15) is 37.0 Å². The molecule has 9 nitrogen and oxygen atoms in total. The molecule has 3 heterocycles. The van der Waals surface area contributed by atoms with Crippen molar-refractivity contribution in [1.29, 1.82) is 5.26 Å². The molecule has 33 heavy (non-hydrogen) atoms. The molecule has 11 heteroatoms. The number of rotatable bonds is 5. The minimum absolute atomic E-state index is 0.0432. The van der Waals surface area contributed by atoms with Gasteiger partial charge in [0.1, 0.15) is 21.8 Å². The van der Waals surface area contributed by atoms with E-state index in [1.54, 1.807) is 36.8 Å². The van der Waals surface area contributed by atoms with E-state index in [4.69, 9.17) is 17.0 Å². The number of anilines is 1. The van der Waals surface area contributed by atoms with Crippen LogP contribution in [0.2, 0.25) is 0 Å². The number of amides is 2. The average molecular weight is 490 g/mol. The molecule has 0 N–H and O–H groups in total. The van der Waals surface area contributed by atoms with Crippen molar-refractivity contribution in [2.24, 2.45) is 7.05 Å². The molecule has 0 radical (unpaired) electrons. The maximum atomic E-state index is 12.9. The van der Waals surface area contributed by atoms with Gasteiger partial charge in [0.2, 0.25) is 0 Å². The minimum Gasteiger partial charge on any atom is -0.450 e. The number of pyridine rings is 1. The van der Waals surface area contributed by atoms with Crippen LogP contribution in [0, 0.1) is 18.3 Å². The van der Waals surface area contributed by atoms with Crippen LogP contribution in [0.3, 0.4) is 0 Å². The maximum Gasteiger partial charge on any atom is 0.409 e. The van der Waals surface area contributed by atoms with E-state index in [0.29, 0.717) is 65.5 Å². The minimum atomic E-state index is -0.395. The summed E-state index contributed by atoms with van der Waals surface area (Å²) in [5.41, 5.74) is 0.801. The van der Waals surface area contributed by atoms with E-state index in [9.17, 15) is 19.6 Å². The molecule has 0 saturated carbocycles. The quantitative estimate of drug-likeness (QED) is 0.460. The van der Waals surface area contributed by atoms with Gasteiger partial charge in [-0.25, -0.2) is 4.79 Å². The number of aromatic nitrogens is 1. The Kier molecular flexibility index (Phi) is 7.81. The smallest absolute Gasteiger partial charge is 0.409 e. The molecule has 0 spiro atoms. The fraction of sp³-hybridized carbons (Fsp3) is 0.500. The van der Waals surface area contributed by atoms with E-state index in [0.717, 1.165) is 6.42 Å². The second-order valence-electron chi connectivity index (χ2n) is 7.72. The van der Waals surface area contributed by atoms with Crippen LogP contribution in [-0.4, -0.2) is 70.0 Å². The first-order chi connectivity index (χ1) is 15.7. The Hall–Kier alpha value is -2.84. The summed E-state index contributed by atoms with van der Waals surface area (Å²) < 4.78 is 7.04. The molecule has 0 atom stereocenters. The van der Waals surface area contributed by atoms with Crippen molar-refractivity contribution >= 4 is 52.2 Å². The molecule has 2 aliphatic heterocycles. The summed E-state index contributed by atoms with van der Waals surface area (Å²) in [6.07, 6.45) is 2.16. The zero-order valence-corrected chi connectivity index (χ0v) is 20.8. The van der Waals surface area contributed by atoms with Crippen molar-refractivity contribution in [2.45, 2.75) is 27.2 Å². The highest BCUT2D eigenvalue weighted by molar-refractivity contribution is 8.26. The molecule has 2 aliphatic rings. The third-order valence-electron chi connectivity index (χ3n) is 5.67. The Labute approximate surface area is 202 Å². The highest BCUT2D eigenvalue weighted by Crippen LogP contribution is 2.35. The lowest BCUT2D eigenvalue weighted by Gasteiger charge is -2.37. The second kappa shape index (κ2) is 10.4. The summed E-state index contributed by atoms with van der Waals surface area (Å²) >= 11 is 6.61. The van der Waals surface area contributed by atoms with E-state index >= 15 is 0 Å². The number of piperazine rings is 1. The van der Waals surface area contributed by atoms with Crippen LogP contribution in [0.4, 0.5) is 10.6 Å². The van der Waals surface area contributed by atoms with Gasteiger partial charge in [0.25, 0.3) is 11.5 Å². The monoisotopic (exact) mass is 489 g/mol. The van der Waals surface area contributed by atoms with Gasteiger partial charge in [0.05, 0.1) is 11.5 Å². The van der Waals surface area contributed by atoms with Gasteiger partial charge in [0, 0.05) is 45.3 Å².